The summed E-state index contributed by atoms with van der Waals surface area (Å²) in [6.45, 7) is 0. The predicted octanol–water partition coefficient (Wildman–Crippen LogP) is 3.75. The van der Waals surface area contributed by atoms with Crippen LogP contribution in [0, 0.1) is 11.6 Å². The number of anilines is 3. The van der Waals surface area contributed by atoms with Gasteiger partial charge in [-0.3, -0.25) is 0 Å². The molecule has 0 aromatic heterocycles. The highest BCUT2D eigenvalue weighted by Gasteiger charge is 2.14. The SMILES string of the molecule is Nc1cc(C(=O)O)c(F)cc1Nc1ccc(Br)c(F)c1. The van der Waals surface area contributed by atoms with Crippen molar-refractivity contribution in [3.05, 3.63) is 52.0 Å². The number of nitrogens with one attached hydrogen (secondary N) is 1. The molecule has 0 radical (unpaired) electrons. The van der Waals surface area contributed by atoms with Gasteiger partial charge in [0.05, 0.1) is 21.4 Å². The molecule has 7 heteroatoms. The molecule has 2 aromatic rings. The standard InChI is InChI=1S/C13H9BrF2N2O2/c14-8-2-1-6(3-10(8)16)18-12-5-9(15)7(13(19)20)4-11(12)17/h1-5,18H,17H2,(H,19,20). The number of nitrogen functional groups attached to an aromatic ring is 1. The highest BCUT2D eigenvalue weighted by atomic mass is 79.9. The molecule has 2 aromatic carbocycles. The van der Waals surface area contributed by atoms with Crippen molar-refractivity contribution >= 4 is 39.0 Å². The Morgan fingerprint density at radius 1 is 1.20 bits per heavy atom. The van der Waals surface area contributed by atoms with Gasteiger partial charge in [-0.05, 0) is 40.2 Å². The van der Waals surface area contributed by atoms with E-state index in [9.17, 15) is 13.6 Å². The quantitative estimate of drug-likeness (QED) is 0.742. The molecule has 0 spiro atoms. The number of aromatic carboxylic acids is 1. The van der Waals surface area contributed by atoms with E-state index in [1.807, 2.05) is 0 Å². The van der Waals surface area contributed by atoms with E-state index in [-0.39, 0.29) is 11.4 Å². The van der Waals surface area contributed by atoms with Crippen LogP contribution in [0.5, 0.6) is 0 Å². The Morgan fingerprint density at radius 2 is 1.90 bits per heavy atom. The van der Waals surface area contributed by atoms with Crippen molar-refractivity contribution in [2.75, 3.05) is 11.1 Å². The molecule has 0 aliphatic heterocycles. The Hall–Kier alpha value is -2.15. The molecule has 20 heavy (non-hydrogen) atoms. The molecule has 0 atom stereocenters. The molecule has 4 N–H and O–H groups in total. The van der Waals surface area contributed by atoms with Crippen molar-refractivity contribution in [2.45, 2.75) is 0 Å². The lowest BCUT2D eigenvalue weighted by Gasteiger charge is -2.11. The first-order valence-corrected chi connectivity index (χ1v) is 6.22. The van der Waals surface area contributed by atoms with Gasteiger partial charge in [0.1, 0.15) is 11.6 Å². The number of benzene rings is 2. The van der Waals surface area contributed by atoms with Crippen LogP contribution in [0.2, 0.25) is 0 Å². The zero-order chi connectivity index (χ0) is 14.9. The van der Waals surface area contributed by atoms with Crippen LogP contribution in [-0.4, -0.2) is 11.1 Å². The van der Waals surface area contributed by atoms with Gasteiger partial charge in [-0.25, -0.2) is 13.6 Å². The van der Waals surface area contributed by atoms with E-state index >= 15 is 0 Å². The highest BCUT2D eigenvalue weighted by Crippen LogP contribution is 2.28. The minimum Gasteiger partial charge on any atom is -0.478 e. The molecule has 4 nitrogen and oxygen atoms in total. The fourth-order valence-corrected chi connectivity index (χ4v) is 1.84. The third-order valence-electron chi connectivity index (χ3n) is 2.57. The maximum atomic E-state index is 13.6. The smallest absolute Gasteiger partial charge is 0.338 e. The zero-order valence-corrected chi connectivity index (χ0v) is 11.5. The van der Waals surface area contributed by atoms with Gasteiger partial charge in [0, 0.05) is 11.8 Å². The summed E-state index contributed by atoms with van der Waals surface area (Å²) in [4.78, 5) is 10.8. The molecular weight excluding hydrogens is 334 g/mol. The minimum atomic E-state index is -1.41. The van der Waals surface area contributed by atoms with Crippen molar-refractivity contribution < 1.29 is 18.7 Å². The van der Waals surface area contributed by atoms with Gasteiger partial charge in [0.25, 0.3) is 0 Å². The third kappa shape index (κ3) is 2.88. The summed E-state index contributed by atoms with van der Waals surface area (Å²) in [5.74, 6) is -2.82. The van der Waals surface area contributed by atoms with Crippen LogP contribution in [0.3, 0.4) is 0 Å². The van der Waals surface area contributed by atoms with E-state index in [1.54, 1.807) is 6.07 Å². The van der Waals surface area contributed by atoms with Crippen LogP contribution in [0.15, 0.2) is 34.8 Å². The number of carbonyl (C=O) groups is 1. The summed E-state index contributed by atoms with van der Waals surface area (Å²) in [5.41, 5.74) is 5.70. The normalized spacial score (nSPS) is 10.3. The highest BCUT2D eigenvalue weighted by molar-refractivity contribution is 9.10. The molecule has 0 amide bonds. The average Bonchev–Trinajstić information content (AvgIpc) is 2.37. The summed E-state index contributed by atoms with van der Waals surface area (Å²) in [5, 5.41) is 11.5. The number of hydrogen-bond donors (Lipinski definition) is 3. The van der Waals surface area contributed by atoms with Gasteiger partial charge in [-0.2, -0.15) is 0 Å². The van der Waals surface area contributed by atoms with Gasteiger partial charge >= 0.3 is 5.97 Å². The number of halogens is 3. The second-order valence-corrected chi connectivity index (χ2v) is 4.83. The molecule has 2 rings (SSSR count). The maximum Gasteiger partial charge on any atom is 0.338 e. The predicted molar refractivity (Wildman–Crippen MR) is 75.2 cm³/mol. The number of hydrogen-bond acceptors (Lipinski definition) is 3. The van der Waals surface area contributed by atoms with Crippen LogP contribution < -0.4 is 11.1 Å². The van der Waals surface area contributed by atoms with Crippen LogP contribution in [-0.2, 0) is 0 Å². The number of carboxylic acids is 1. The van der Waals surface area contributed by atoms with E-state index in [0.717, 1.165) is 12.1 Å². The van der Waals surface area contributed by atoms with Crippen molar-refractivity contribution in [2.24, 2.45) is 0 Å². The molecule has 0 bridgehead atoms. The van der Waals surface area contributed by atoms with Crippen molar-refractivity contribution in [3.63, 3.8) is 0 Å². The number of rotatable bonds is 3. The van der Waals surface area contributed by atoms with Gasteiger partial charge in [-0.1, -0.05) is 0 Å². The third-order valence-corrected chi connectivity index (χ3v) is 3.21. The molecule has 104 valence electrons. The van der Waals surface area contributed by atoms with Crippen molar-refractivity contribution in [1.29, 1.82) is 0 Å². The summed E-state index contributed by atoms with van der Waals surface area (Å²) in [7, 11) is 0. The molecule has 0 fully saturated rings. The van der Waals surface area contributed by atoms with E-state index < -0.39 is 23.2 Å². The fourth-order valence-electron chi connectivity index (χ4n) is 1.59. The molecule has 0 aliphatic carbocycles. The maximum absolute atomic E-state index is 13.6. The average molecular weight is 343 g/mol. The summed E-state index contributed by atoms with van der Waals surface area (Å²) in [6.07, 6.45) is 0. The molecule has 0 aliphatic rings. The Labute approximate surface area is 121 Å². The summed E-state index contributed by atoms with van der Waals surface area (Å²) in [6, 6.07) is 6.21. The first kappa shape index (κ1) is 14.3. The minimum absolute atomic E-state index is 0.0483. The Morgan fingerprint density at radius 3 is 2.50 bits per heavy atom. The van der Waals surface area contributed by atoms with E-state index in [4.69, 9.17) is 10.8 Å². The number of carboxylic acid groups (broad SMARTS) is 1. The second kappa shape index (κ2) is 5.46. The largest absolute Gasteiger partial charge is 0.478 e. The Bertz CT molecular complexity index is 692. The lowest BCUT2D eigenvalue weighted by Crippen LogP contribution is -2.05. The summed E-state index contributed by atoms with van der Waals surface area (Å²) >= 11 is 3.01. The van der Waals surface area contributed by atoms with Crippen LogP contribution in [0.4, 0.5) is 25.8 Å². The molecule has 0 saturated carbocycles. The van der Waals surface area contributed by atoms with Gasteiger partial charge in [-0.15, -0.1) is 0 Å². The summed E-state index contributed by atoms with van der Waals surface area (Å²) < 4.78 is 27.2. The van der Waals surface area contributed by atoms with Crippen LogP contribution in [0.1, 0.15) is 10.4 Å². The van der Waals surface area contributed by atoms with Gasteiger partial charge in [0.15, 0.2) is 0 Å². The lowest BCUT2D eigenvalue weighted by molar-refractivity contribution is 0.0692. The van der Waals surface area contributed by atoms with Gasteiger partial charge < -0.3 is 16.2 Å². The molecule has 0 saturated heterocycles. The first-order valence-electron chi connectivity index (χ1n) is 5.43. The molecule has 0 heterocycles. The topological polar surface area (TPSA) is 75.4 Å². The second-order valence-electron chi connectivity index (χ2n) is 3.98. The monoisotopic (exact) mass is 342 g/mol. The number of nitrogens with two attached hydrogens (primary N) is 1. The fraction of sp³-hybridized carbons (Fsp3) is 0. The van der Waals surface area contributed by atoms with Gasteiger partial charge in [0.2, 0.25) is 0 Å². The van der Waals surface area contributed by atoms with E-state index in [2.05, 4.69) is 21.2 Å². The van der Waals surface area contributed by atoms with Crippen LogP contribution >= 0.6 is 15.9 Å². The Kier molecular flexibility index (Phi) is 3.89. The molecule has 0 unspecified atom stereocenters. The van der Waals surface area contributed by atoms with E-state index in [1.165, 1.54) is 12.1 Å². The lowest BCUT2D eigenvalue weighted by atomic mass is 10.1. The molecular formula is C13H9BrF2N2O2. The first-order chi connectivity index (χ1) is 9.38. The van der Waals surface area contributed by atoms with Crippen molar-refractivity contribution in [1.82, 2.24) is 0 Å². The van der Waals surface area contributed by atoms with Crippen LogP contribution in [0.25, 0.3) is 0 Å². The zero-order valence-electron chi connectivity index (χ0n) is 9.95. The van der Waals surface area contributed by atoms with Crippen molar-refractivity contribution in [3.8, 4) is 0 Å². The Balaban J connectivity index is 2.36. The van der Waals surface area contributed by atoms with E-state index in [0.29, 0.717) is 10.2 Å².